The summed E-state index contributed by atoms with van der Waals surface area (Å²) in [5, 5.41) is 15.8. The van der Waals surface area contributed by atoms with E-state index >= 15 is 0 Å². The first-order valence-electron chi connectivity index (χ1n) is 11.1. The number of rotatable bonds is 6. The fourth-order valence-corrected chi connectivity index (χ4v) is 4.59. The highest BCUT2D eigenvalue weighted by atomic mass is 35.5. The minimum atomic E-state index is -1.12. The van der Waals surface area contributed by atoms with Crippen LogP contribution in [0.15, 0.2) is 48.9 Å². The lowest BCUT2D eigenvalue weighted by Gasteiger charge is -2.23. The monoisotopic (exact) mass is 527 g/mol. The Balaban J connectivity index is 1.48. The van der Waals surface area contributed by atoms with E-state index in [0.717, 1.165) is 21.6 Å². The molecule has 0 bridgehead atoms. The van der Waals surface area contributed by atoms with Crippen LogP contribution in [0, 0.1) is 5.82 Å². The van der Waals surface area contributed by atoms with Crippen LogP contribution in [0.3, 0.4) is 0 Å². The molecule has 1 aliphatic rings. The lowest BCUT2D eigenvalue weighted by atomic mass is 9.96. The van der Waals surface area contributed by atoms with Crippen molar-refractivity contribution in [2.45, 2.75) is 25.4 Å². The van der Waals surface area contributed by atoms with Gasteiger partial charge in [-0.2, -0.15) is 0 Å². The summed E-state index contributed by atoms with van der Waals surface area (Å²) in [6, 6.07) is 8.01. The van der Waals surface area contributed by atoms with Crippen LogP contribution in [0.4, 0.5) is 4.39 Å². The van der Waals surface area contributed by atoms with Gasteiger partial charge in [0.25, 0.3) is 5.91 Å². The maximum absolute atomic E-state index is 14.6. The van der Waals surface area contributed by atoms with Crippen molar-refractivity contribution in [2.24, 2.45) is 0 Å². The van der Waals surface area contributed by atoms with Gasteiger partial charge in [-0.3, -0.25) is 19.6 Å². The number of amides is 1. The van der Waals surface area contributed by atoms with Gasteiger partial charge in [-0.15, -0.1) is 0 Å². The van der Waals surface area contributed by atoms with Gasteiger partial charge in [0.1, 0.15) is 12.4 Å². The van der Waals surface area contributed by atoms with E-state index in [-0.39, 0.29) is 22.9 Å². The van der Waals surface area contributed by atoms with Crippen LogP contribution in [-0.4, -0.2) is 50.6 Å². The molecule has 11 heteroatoms. The van der Waals surface area contributed by atoms with Gasteiger partial charge in [0.05, 0.1) is 28.9 Å². The Morgan fingerprint density at radius 2 is 2.06 bits per heavy atom. The maximum Gasteiger partial charge on any atom is 0.323 e. The van der Waals surface area contributed by atoms with Crippen LogP contribution < -0.4 is 10.6 Å². The van der Waals surface area contributed by atoms with Crippen LogP contribution in [-0.2, 0) is 24.2 Å². The number of fused-ring (bicyclic) bond motifs is 2. The molecule has 1 amide bonds. The molecule has 0 saturated heterocycles. The summed E-state index contributed by atoms with van der Waals surface area (Å²) in [7, 11) is 1.38. The second-order valence-corrected chi connectivity index (χ2v) is 9.17. The molecular weight excluding hydrogens is 505 g/mol. The minimum absolute atomic E-state index is 0.173. The lowest BCUT2D eigenvalue weighted by molar-refractivity contribution is -0.137. The number of aromatic nitrogens is 2. The normalized spacial score (nSPS) is 14.1. The van der Waals surface area contributed by atoms with Crippen LogP contribution in [0.25, 0.3) is 0 Å². The third-order valence-corrected chi connectivity index (χ3v) is 6.53. The van der Waals surface area contributed by atoms with E-state index in [9.17, 15) is 14.0 Å². The Morgan fingerprint density at radius 1 is 1.25 bits per heavy atom. The molecule has 0 radical (unpaired) electrons. The molecule has 3 aromatic rings. The average Bonchev–Trinajstić information content (AvgIpc) is 3.00. The van der Waals surface area contributed by atoms with E-state index in [1.54, 1.807) is 18.5 Å². The average molecular weight is 528 g/mol. The molecule has 0 fully saturated rings. The molecule has 0 saturated carbocycles. The summed E-state index contributed by atoms with van der Waals surface area (Å²) in [4.78, 5) is 32.8. The lowest BCUT2D eigenvalue weighted by Crippen LogP contribution is -2.38. The second-order valence-electron chi connectivity index (χ2n) is 8.35. The van der Waals surface area contributed by atoms with Crippen molar-refractivity contribution in [1.82, 2.24) is 25.5 Å². The molecule has 1 aromatic carbocycles. The van der Waals surface area contributed by atoms with Crippen LogP contribution in [0.5, 0.6) is 0 Å². The molecular formula is C25H23ClFN5O3S. The number of hydrogen-bond acceptors (Lipinski definition) is 5. The Labute approximate surface area is 217 Å². The number of carboxylic acids is 1. The highest BCUT2D eigenvalue weighted by Gasteiger charge is 2.26. The van der Waals surface area contributed by atoms with Gasteiger partial charge in [-0.1, -0.05) is 23.7 Å². The quantitative estimate of drug-likeness (QED) is 0.419. The molecule has 0 spiro atoms. The van der Waals surface area contributed by atoms with Gasteiger partial charge in [0.15, 0.2) is 5.11 Å². The molecule has 3 N–H and O–H groups in total. The van der Waals surface area contributed by atoms with Crippen molar-refractivity contribution < 1.29 is 19.1 Å². The molecule has 0 aliphatic heterocycles. The number of nitrogens with one attached hydrogen (secondary N) is 2. The number of likely N-dealkylation sites (N-methyl/N-ethyl adjacent to an activating group) is 1. The molecule has 2 aromatic heterocycles. The fraction of sp³-hybridized carbons (Fsp3) is 0.240. The van der Waals surface area contributed by atoms with Crippen molar-refractivity contribution in [3.63, 3.8) is 0 Å². The van der Waals surface area contributed by atoms with Gasteiger partial charge >= 0.3 is 5.97 Å². The van der Waals surface area contributed by atoms with Crippen LogP contribution in [0.1, 0.15) is 44.3 Å². The number of carbonyl (C=O) groups excluding carboxylic acids is 1. The maximum atomic E-state index is 14.6. The van der Waals surface area contributed by atoms with Crippen molar-refractivity contribution >= 4 is 40.8 Å². The van der Waals surface area contributed by atoms with Crippen molar-refractivity contribution in [3.05, 3.63) is 93.3 Å². The topological polar surface area (TPSA) is 107 Å². The standard InChI is InChI=1S/C25H23ClFN5O3S/c1-32(13-22(33)34)24(35)15-9-19(26)21(29-10-15)12-30-25(36)31-23-17-3-2-4-20(27)16(17)6-5-14-7-8-28-11-18(14)23/h2-4,7-11,23H,5-6,12-13H2,1H3,(H,33,34)(H2,30,31,36). The van der Waals surface area contributed by atoms with E-state index in [1.165, 1.54) is 25.4 Å². The van der Waals surface area contributed by atoms with Gasteiger partial charge in [0.2, 0.25) is 0 Å². The van der Waals surface area contributed by atoms with E-state index in [2.05, 4.69) is 20.6 Å². The number of aliphatic carboxylic acids is 1. The first kappa shape index (κ1) is 25.5. The Kier molecular flexibility index (Phi) is 7.76. The number of pyridine rings is 2. The molecule has 36 heavy (non-hydrogen) atoms. The van der Waals surface area contributed by atoms with Crippen molar-refractivity contribution in [2.75, 3.05) is 13.6 Å². The van der Waals surface area contributed by atoms with Crippen molar-refractivity contribution in [1.29, 1.82) is 0 Å². The third-order valence-electron chi connectivity index (χ3n) is 5.94. The Bertz CT molecular complexity index is 1340. The molecule has 2 heterocycles. The number of halogens is 2. The molecule has 1 atom stereocenters. The van der Waals surface area contributed by atoms with Gasteiger partial charge in [0, 0.05) is 31.2 Å². The summed E-state index contributed by atoms with van der Waals surface area (Å²) in [6.07, 6.45) is 6.10. The summed E-state index contributed by atoms with van der Waals surface area (Å²) in [5.74, 6) is -1.88. The largest absolute Gasteiger partial charge is 0.480 e. The van der Waals surface area contributed by atoms with Gasteiger partial charge < -0.3 is 20.6 Å². The SMILES string of the molecule is CN(CC(=O)O)C(=O)c1cnc(CNC(=S)NC2c3cnccc3CCc3c(F)cccc32)c(Cl)c1. The predicted octanol–water partition coefficient (Wildman–Crippen LogP) is 3.28. The fourth-order valence-electron chi connectivity index (χ4n) is 4.17. The van der Waals surface area contributed by atoms with Crippen LogP contribution >= 0.6 is 23.8 Å². The van der Waals surface area contributed by atoms with E-state index in [1.807, 2.05) is 12.1 Å². The summed E-state index contributed by atoms with van der Waals surface area (Å²) < 4.78 is 14.6. The number of hydrogen-bond donors (Lipinski definition) is 3. The first-order chi connectivity index (χ1) is 17.2. The molecule has 8 nitrogen and oxygen atoms in total. The molecule has 4 rings (SSSR count). The Morgan fingerprint density at radius 3 is 2.81 bits per heavy atom. The zero-order valence-electron chi connectivity index (χ0n) is 19.3. The molecule has 186 valence electrons. The number of nitrogens with zero attached hydrogens (tertiary/aromatic N) is 3. The number of thiocarbonyl (C=S) groups is 1. The molecule has 1 aliphatic carbocycles. The number of aryl methyl sites for hydroxylation is 1. The first-order valence-corrected chi connectivity index (χ1v) is 11.9. The van der Waals surface area contributed by atoms with E-state index < -0.39 is 24.5 Å². The smallest absolute Gasteiger partial charge is 0.323 e. The summed E-state index contributed by atoms with van der Waals surface area (Å²) in [5.41, 5.74) is 4.07. The summed E-state index contributed by atoms with van der Waals surface area (Å²) in [6.45, 7) is -0.265. The van der Waals surface area contributed by atoms with Crippen LogP contribution in [0.2, 0.25) is 5.02 Å². The van der Waals surface area contributed by atoms with E-state index in [4.69, 9.17) is 28.9 Å². The van der Waals surface area contributed by atoms with E-state index in [0.29, 0.717) is 29.2 Å². The molecule has 1 unspecified atom stereocenters. The third kappa shape index (κ3) is 5.60. The number of benzene rings is 1. The number of carboxylic acid groups (broad SMARTS) is 1. The highest BCUT2D eigenvalue weighted by molar-refractivity contribution is 7.80. The second kappa shape index (κ2) is 11.0. The zero-order chi connectivity index (χ0) is 25.8. The number of carbonyl (C=O) groups is 2. The highest BCUT2D eigenvalue weighted by Crippen LogP contribution is 2.33. The van der Waals surface area contributed by atoms with Gasteiger partial charge in [-0.05, 0) is 59.9 Å². The minimum Gasteiger partial charge on any atom is -0.480 e. The summed E-state index contributed by atoms with van der Waals surface area (Å²) >= 11 is 11.9. The predicted molar refractivity (Wildman–Crippen MR) is 136 cm³/mol. The van der Waals surface area contributed by atoms with Gasteiger partial charge in [-0.25, -0.2) is 4.39 Å². The zero-order valence-corrected chi connectivity index (χ0v) is 20.9. The van der Waals surface area contributed by atoms with Crippen molar-refractivity contribution in [3.8, 4) is 0 Å². The Hall–Kier alpha value is -3.63.